The van der Waals surface area contributed by atoms with Crippen molar-refractivity contribution < 1.29 is 4.42 Å². The Balaban J connectivity index is 1.15. The maximum absolute atomic E-state index is 6.92. The number of benzene rings is 10. The van der Waals surface area contributed by atoms with Gasteiger partial charge in [-0.3, -0.25) is 0 Å². The van der Waals surface area contributed by atoms with Crippen LogP contribution in [0.3, 0.4) is 0 Å². The monoisotopic (exact) mass is 661 g/mol. The topological polar surface area (TPSA) is 16.4 Å². The molecule has 0 aliphatic rings. The van der Waals surface area contributed by atoms with Crippen molar-refractivity contribution in [1.29, 1.82) is 0 Å². The highest BCUT2D eigenvalue weighted by Gasteiger charge is 2.21. The van der Waals surface area contributed by atoms with Gasteiger partial charge in [0.25, 0.3) is 0 Å². The van der Waals surface area contributed by atoms with Crippen molar-refractivity contribution >= 4 is 92.9 Å². The second-order valence-corrected chi connectivity index (χ2v) is 13.7. The molecule has 0 spiro atoms. The summed E-state index contributed by atoms with van der Waals surface area (Å²) < 4.78 is 6.92. The molecule has 11 aromatic rings. The van der Waals surface area contributed by atoms with Gasteiger partial charge in [-0.1, -0.05) is 146 Å². The smallest absolute Gasteiger partial charge is 0.159 e. The third-order valence-electron chi connectivity index (χ3n) is 10.8. The summed E-state index contributed by atoms with van der Waals surface area (Å²) in [6, 6.07) is 68.1. The van der Waals surface area contributed by atoms with Gasteiger partial charge in [0.2, 0.25) is 0 Å². The van der Waals surface area contributed by atoms with Crippen LogP contribution in [-0.4, -0.2) is 0 Å². The van der Waals surface area contributed by atoms with Gasteiger partial charge in [-0.15, -0.1) is 0 Å². The summed E-state index contributed by atoms with van der Waals surface area (Å²) >= 11 is 0. The van der Waals surface area contributed by atoms with Crippen molar-refractivity contribution in [3.8, 4) is 11.1 Å². The molecule has 0 saturated heterocycles. The van der Waals surface area contributed by atoms with Crippen LogP contribution in [-0.2, 0) is 0 Å². The number of rotatable bonds is 4. The third kappa shape index (κ3) is 4.38. The van der Waals surface area contributed by atoms with E-state index in [4.69, 9.17) is 4.42 Å². The minimum atomic E-state index is 0.872. The Morgan fingerprint density at radius 2 is 0.846 bits per heavy atom. The van der Waals surface area contributed by atoms with E-state index in [9.17, 15) is 0 Å². The first kappa shape index (κ1) is 28.9. The van der Waals surface area contributed by atoms with Crippen LogP contribution in [0.1, 0.15) is 0 Å². The number of anilines is 3. The maximum Gasteiger partial charge on any atom is 0.159 e. The Kier molecular flexibility index (Phi) is 6.28. The molecule has 0 radical (unpaired) electrons. The van der Waals surface area contributed by atoms with Crippen LogP contribution < -0.4 is 4.90 Å². The van der Waals surface area contributed by atoms with E-state index in [-0.39, 0.29) is 0 Å². The lowest BCUT2D eigenvalue weighted by Crippen LogP contribution is -2.10. The van der Waals surface area contributed by atoms with E-state index < -0.39 is 0 Å². The lowest BCUT2D eigenvalue weighted by Gasteiger charge is -2.26. The summed E-state index contributed by atoms with van der Waals surface area (Å²) in [7, 11) is 0. The quantitative estimate of drug-likeness (QED) is 0.175. The average Bonchev–Trinajstić information content (AvgIpc) is 3.61. The second kappa shape index (κ2) is 11.3. The van der Waals surface area contributed by atoms with E-state index in [0.29, 0.717) is 0 Å². The molecule has 52 heavy (non-hydrogen) atoms. The molecule has 0 aliphatic heterocycles. The zero-order chi connectivity index (χ0) is 34.2. The first-order chi connectivity index (χ1) is 25.8. The number of hydrogen-bond donors (Lipinski definition) is 0. The molecule has 0 N–H and O–H groups in total. The molecule has 242 valence electrons. The summed E-state index contributed by atoms with van der Waals surface area (Å²) in [6.07, 6.45) is 0. The van der Waals surface area contributed by atoms with Gasteiger partial charge in [-0.25, -0.2) is 0 Å². The van der Waals surface area contributed by atoms with Gasteiger partial charge >= 0.3 is 0 Å². The highest BCUT2D eigenvalue weighted by molar-refractivity contribution is 6.18. The number of para-hydroxylation sites is 1. The zero-order valence-electron chi connectivity index (χ0n) is 28.3. The fourth-order valence-corrected chi connectivity index (χ4v) is 8.33. The summed E-state index contributed by atoms with van der Waals surface area (Å²) in [5, 5.41) is 14.5. The third-order valence-corrected chi connectivity index (χ3v) is 10.8. The van der Waals surface area contributed by atoms with Gasteiger partial charge < -0.3 is 9.32 Å². The Bertz CT molecular complexity index is 3190. The molecule has 2 heteroatoms. The summed E-state index contributed by atoms with van der Waals surface area (Å²) in [5.41, 5.74) is 7.34. The molecule has 2 nitrogen and oxygen atoms in total. The summed E-state index contributed by atoms with van der Waals surface area (Å²) in [4.78, 5) is 2.36. The van der Waals surface area contributed by atoms with Crippen molar-refractivity contribution in [1.82, 2.24) is 0 Å². The molecule has 0 amide bonds. The largest absolute Gasteiger partial charge is 0.453 e. The number of fused-ring (bicyclic) bond motifs is 11. The minimum Gasteiger partial charge on any atom is -0.453 e. The predicted molar refractivity (Wildman–Crippen MR) is 221 cm³/mol. The van der Waals surface area contributed by atoms with Crippen LogP contribution >= 0.6 is 0 Å². The van der Waals surface area contributed by atoms with Crippen LogP contribution in [0.25, 0.3) is 86.9 Å². The highest BCUT2D eigenvalue weighted by atomic mass is 16.3. The zero-order valence-corrected chi connectivity index (χ0v) is 28.3. The molecule has 0 bridgehead atoms. The molecule has 1 aromatic heterocycles. The fourth-order valence-electron chi connectivity index (χ4n) is 8.33. The molecule has 0 aliphatic carbocycles. The lowest BCUT2D eigenvalue weighted by molar-refractivity contribution is 0.673. The maximum atomic E-state index is 6.92. The first-order valence-electron chi connectivity index (χ1n) is 17.8. The molecule has 0 atom stereocenters. The molecule has 1 heterocycles. The van der Waals surface area contributed by atoms with Crippen molar-refractivity contribution in [3.05, 3.63) is 188 Å². The van der Waals surface area contributed by atoms with Gasteiger partial charge in [0.15, 0.2) is 5.58 Å². The van der Waals surface area contributed by atoms with Crippen molar-refractivity contribution in [2.75, 3.05) is 4.90 Å². The van der Waals surface area contributed by atoms with Crippen molar-refractivity contribution in [2.24, 2.45) is 0 Å². The molecule has 0 fully saturated rings. The Hall–Kier alpha value is -6.90. The Labute approximate surface area is 300 Å². The lowest BCUT2D eigenvalue weighted by atomic mass is 9.93. The molecule has 11 rings (SSSR count). The van der Waals surface area contributed by atoms with E-state index >= 15 is 0 Å². The number of nitrogens with zero attached hydrogens (tertiary/aromatic N) is 1. The van der Waals surface area contributed by atoms with E-state index in [1.54, 1.807) is 0 Å². The highest BCUT2D eigenvalue weighted by Crippen LogP contribution is 2.45. The van der Waals surface area contributed by atoms with Gasteiger partial charge in [-0.2, -0.15) is 0 Å². The van der Waals surface area contributed by atoms with Gasteiger partial charge in [0, 0.05) is 27.5 Å². The summed E-state index contributed by atoms with van der Waals surface area (Å²) in [5.74, 6) is 0. The normalized spacial score (nSPS) is 11.8. The molecular weight excluding hydrogens is 631 g/mol. The van der Waals surface area contributed by atoms with Gasteiger partial charge in [0.1, 0.15) is 5.58 Å². The Morgan fingerprint density at radius 3 is 1.63 bits per heavy atom. The minimum absolute atomic E-state index is 0.872. The molecule has 0 saturated carbocycles. The summed E-state index contributed by atoms with van der Waals surface area (Å²) in [6.45, 7) is 0. The first-order valence-corrected chi connectivity index (χ1v) is 17.8. The van der Waals surface area contributed by atoms with Crippen LogP contribution in [0.15, 0.2) is 192 Å². The van der Waals surface area contributed by atoms with E-state index in [1.165, 1.54) is 59.6 Å². The van der Waals surface area contributed by atoms with Crippen LogP contribution in [0.4, 0.5) is 17.1 Å². The van der Waals surface area contributed by atoms with Crippen LogP contribution in [0.5, 0.6) is 0 Å². The van der Waals surface area contributed by atoms with E-state index in [2.05, 4.69) is 193 Å². The number of hydrogen-bond acceptors (Lipinski definition) is 2. The van der Waals surface area contributed by atoms with E-state index in [1.807, 2.05) is 0 Å². The predicted octanol–water partition coefficient (Wildman–Crippen LogP) is 14.5. The van der Waals surface area contributed by atoms with Crippen LogP contribution in [0.2, 0.25) is 0 Å². The van der Waals surface area contributed by atoms with Gasteiger partial charge in [0.05, 0.1) is 5.69 Å². The molecule has 10 aromatic carbocycles. The van der Waals surface area contributed by atoms with Crippen LogP contribution in [0, 0.1) is 0 Å². The SMILES string of the molecule is c1ccc2c(c1)ccc1ccc(N(c3ccc(-c4cc5ccccc5c5ccccc45)cc3)c3cccc4c3oc3c5ccccc5ccc43)cc12. The fraction of sp³-hybridized carbons (Fsp3) is 0. The van der Waals surface area contributed by atoms with Crippen molar-refractivity contribution in [3.63, 3.8) is 0 Å². The molecular formula is C50H31NO. The second-order valence-electron chi connectivity index (χ2n) is 13.7. The standard InChI is InChI=1S/C50H31NO/c1-4-13-39-32(10-1)20-21-34-24-28-38(31-47(34)39)51(48-19-9-18-44-45-29-25-33-11-2-6-15-41(33)49(45)52-50(44)48)37-26-22-35(23-27-37)46-30-36-12-3-5-14-40(36)42-16-7-8-17-43(42)46/h1-31H. The van der Waals surface area contributed by atoms with Crippen molar-refractivity contribution in [2.45, 2.75) is 0 Å². The van der Waals surface area contributed by atoms with E-state index in [0.717, 1.165) is 44.4 Å². The average molecular weight is 662 g/mol. The Morgan fingerprint density at radius 1 is 0.308 bits per heavy atom. The van der Waals surface area contributed by atoms with Gasteiger partial charge in [-0.05, 0) is 102 Å². The number of furan rings is 1. The molecule has 0 unspecified atom stereocenters.